The van der Waals surface area contributed by atoms with Gasteiger partial charge in [0, 0.05) is 23.4 Å². The first-order chi connectivity index (χ1) is 4.00. The van der Waals surface area contributed by atoms with Gasteiger partial charge in [0.2, 0.25) is 0 Å². The minimum absolute atomic E-state index is 0. The third-order valence-electron chi connectivity index (χ3n) is 0.0781. The quantitative estimate of drug-likeness (QED) is 0.291. The van der Waals surface area contributed by atoms with Crippen LogP contribution in [0.3, 0.4) is 0 Å². The van der Waals surface area contributed by atoms with Crippen molar-refractivity contribution in [3.05, 3.63) is 0 Å². The second kappa shape index (κ2) is 11.1. The molecule has 0 rings (SSSR count). The SMILES string of the molecule is CC(=O)O.O=C(O)OO.[Ni]. The van der Waals surface area contributed by atoms with Gasteiger partial charge in [-0.1, -0.05) is 0 Å². The van der Waals surface area contributed by atoms with Gasteiger partial charge in [-0.2, -0.15) is 5.26 Å². The van der Waals surface area contributed by atoms with Crippen LogP contribution in [0, 0.1) is 0 Å². The van der Waals surface area contributed by atoms with E-state index >= 15 is 0 Å². The van der Waals surface area contributed by atoms with E-state index in [-0.39, 0.29) is 16.5 Å². The molecule has 0 saturated heterocycles. The Labute approximate surface area is 66.3 Å². The van der Waals surface area contributed by atoms with Gasteiger partial charge in [0.25, 0.3) is 5.97 Å². The van der Waals surface area contributed by atoms with Crippen LogP contribution in [0.25, 0.3) is 0 Å². The molecule has 0 spiro atoms. The van der Waals surface area contributed by atoms with Gasteiger partial charge in [-0.05, 0) is 0 Å². The van der Waals surface area contributed by atoms with Crippen molar-refractivity contribution >= 4 is 12.1 Å². The van der Waals surface area contributed by atoms with Crippen LogP contribution in [0.4, 0.5) is 4.79 Å². The maximum absolute atomic E-state index is 9.00. The van der Waals surface area contributed by atoms with Crippen LogP contribution in [-0.4, -0.2) is 27.6 Å². The number of hydrogen-bond donors (Lipinski definition) is 3. The molecule has 0 heterocycles. The Morgan fingerprint density at radius 3 is 1.40 bits per heavy atom. The summed E-state index contributed by atoms with van der Waals surface area (Å²) < 4.78 is 0. The molecule has 7 heteroatoms. The van der Waals surface area contributed by atoms with Crippen LogP contribution in [0.15, 0.2) is 0 Å². The predicted molar refractivity (Wildman–Crippen MR) is 25.0 cm³/mol. The molecule has 0 aromatic heterocycles. The molecule has 64 valence electrons. The molecule has 0 bridgehead atoms. The fraction of sp³-hybridized carbons (Fsp3) is 0.333. The van der Waals surface area contributed by atoms with E-state index in [1.807, 2.05) is 0 Å². The van der Waals surface area contributed by atoms with E-state index in [0.717, 1.165) is 6.92 Å². The molecule has 0 saturated carbocycles. The van der Waals surface area contributed by atoms with Crippen LogP contribution in [0.2, 0.25) is 0 Å². The Bertz CT molecular complexity index is 97.2. The van der Waals surface area contributed by atoms with Gasteiger partial charge < -0.3 is 10.2 Å². The van der Waals surface area contributed by atoms with Gasteiger partial charge in [0.05, 0.1) is 0 Å². The molecule has 0 radical (unpaired) electrons. The first-order valence-corrected chi connectivity index (χ1v) is 1.74. The van der Waals surface area contributed by atoms with Gasteiger partial charge in [0.1, 0.15) is 0 Å². The second-order valence-electron chi connectivity index (χ2n) is 0.876. The van der Waals surface area contributed by atoms with E-state index < -0.39 is 12.1 Å². The van der Waals surface area contributed by atoms with Crippen molar-refractivity contribution in [2.24, 2.45) is 0 Å². The van der Waals surface area contributed by atoms with Crippen LogP contribution >= 0.6 is 0 Å². The molecule has 0 aliphatic heterocycles. The summed E-state index contributed by atoms with van der Waals surface area (Å²) in [5.41, 5.74) is 0. The molecular formula is C3H6NiO6. The minimum atomic E-state index is -1.69. The smallest absolute Gasteiger partial charge is 0.481 e. The number of hydrogen-bond acceptors (Lipinski definition) is 4. The molecule has 0 aliphatic rings. The van der Waals surface area contributed by atoms with Crippen LogP contribution in [-0.2, 0) is 26.2 Å². The van der Waals surface area contributed by atoms with E-state index in [1.54, 1.807) is 0 Å². The molecule has 0 aliphatic carbocycles. The summed E-state index contributed by atoms with van der Waals surface area (Å²) in [5, 5.41) is 21.7. The van der Waals surface area contributed by atoms with Gasteiger partial charge in [-0.25, -0.2) is 4.79 Å². The molecule has 10 heavy (non-hydrogen) atoms. The minimum Gasteiger partial charge on any atom is -0.481 e. The Kier molecular flexibility index (Phi) is 17.8. The molecular weight excluding hydrogens is 191 g/mol. The largest absolute Gasteiger partial charge is 0.537 e. The van der Waals surface area contributed by atoms with Gasteiger partial charge >= 0.3 is 6.16 Å². The van der Waals surface area contributed by atoms with E-state index in [0.29, 0.717) is 0 Å². The zero-order valence-electron chi connectivity index (χ0n) is 4.88. The number of carboxylic acid groups (broad SMARTS) is 2. The fourth-order valence-electron chi connectivity index (χ4n) is 0. The first-order valence-electron chi connectivity index (χ1n) is 1.74. The second-order valence-corrected chi connectivity index (χ2v) is 0.876. The summed E-state index contributed by atoms with van der Waals surface area (Å²) in [6, 6.07) is 0. The monoisotopic (exact) mass is 196 g/mol. The normalized spacial score (nSPS) is 5.80. The maximum Gasteiger partial charge on any atom is 0.537 e. The average Bonchev–Trinajstić information content (AvgIpc) is 1.65. The van der Waals surface area contributed by atoms with E-state index in [9.17, 15) is 0 Å². The van der Waals surface area contributed by atoms with Crippen LogP contribution in [0.5, 0.6) is 0 Å². The van der Waals surface area contributed by atoms with E-state index in [4.69, 9.17) is 25.1 Å². The predicted octanol–water partition coefficient (Wildman–Crippen LogP) is 0.242. The summed E-state index contributed by atoms with van der Waals surface area (Å²) in [7, 11) is 0. The Morgan fingerprint density at radius 2 is 1.40 bits per heavy atom. The number of aliphatic carboxylic acids is 1. The Morgan fingerprint density at radius 1 is 1.30 bits per heavy atom. The van der Waals surface area contributed by atoms with Crippen molar-refractivity contribution in [3.8, 4) is 0 Å². The fourth-order valence-corrected chi connectivity index (χ4v) is 0. The van der Waals surface area contributed by atoms with E-state index in [2.05, 4.69) is 4.89 Å². The van der Waals surface area contributed by atoms with Crippen LogP contribution in [0.1, 0.15) is 6.92 Å². The summed E-state index contributed by atoms with van der Waals surface area (Å²) in [4.78, 5) is 20.6. The molecule has 0 amide bonds. The zero-order chi connectivity index (χ0) is 7.86. The van der Waals surface area contributed by atoms with Gasteiger partial charge in [-0.15, -0.1) is 0 Å². The zero-order valence-corrected chi connectivity index (χ0v) is 5.87. The standard InChI is InChI=1S/C2H4O2.CH2O4.Ni/c1-2(3)4;2-1(3)5-4;/h1H3,(H,3,4);4H,(H,2,3);. The summed E-state index contributed by atoms with van der Waals surface area (Å²) in [6.45, 7) is 1.08. The average molecular weight is 197 g/mol. The van der Waals surface area contributed by atoms with Crippen LogP contribution < -0.4 is 0 Å². The van der Waals surface area contributed by atoms with Crippen molar-refractivity contribution in [1.82, 2.24) is 0 Å². The molecule has 0 unspecified atom stereocenters. The molecule has 0 aromatic carbocycles. The first kappa shape index (κ1) is 16.1. The third-order valence-corrected chi connectivity index (χ3v) is 0.0781. The molecule has 0 aromatic rings. The Balaban J connectivity index is -0.0000000910. The van der Waals surface area contributed by atoms with E-state index in [1.165, 1.54) is 0 Å². The molecule has 0 fully saturated rings. The van der Waals surface area contributed by atoms with Crippen molar-refractivity contribution in [3.63, 3.8) is 0 Å². The molecule has 3 N–H and O–H groups in total. The summed E-state index contributed by atoms with van der Waals surface area (Å²) >= 11 is 0. The van der Waals surface area contributed by atoms with Crippen molar-refractivity contribution in [1.29, 1.82) is 0 Å². The summed E-state index contributed by atoms with van der Waals surface area (Å²) in [6.07, 6.45) is -1.69. The number of carboxylic acids is 1. The van der Waals surface area contributed by atoms with Gasteiger partial charge in [-0.3, -0.25) is 9.68 Å². The van der Waals surface area contributed by atoms with Gasteiger partial charge in [0.15, 0.2) is 0 Å². The third kappa shape index (κ3) is 194. The van der Waals surface area contributed by atoms with Crippen molar-refractivity contribution in [2.75, 3.05) is 0 Å². The van der Waals surface area contributed by atoms with Crippen molar-refractivity contribution < 1.29 is 46.4 Å². The van der Waals surface area contributed by atoms with Crippen molar-refractivity contribution in [2.45, 2.75) is 6.92 Å². The maximum atomic E-state index is 9.00. The molecule has 6 nitrogen and oxygen atoms in total. The Hall–Kier alpha value is -0.806. The number of carbonyl (C=O) groups is 2. The topological polar surface area (TPSA) is 104 Å². The summed E-state index contributed by atoms with van der Waals surface area (Å²) in [5.74, 6) is -0.833. The molecule has 0 atom stereocenters. The number of rotatable bonds is 0.